The summed E-state index contributed by atoms with van der Waals surface area (Å²) >= 11 is 6.11. The zero-order valence-corrected chi connectivity index (χ0v) is 16.5. The molecule has 28 heavy (non-hydrogen) atoms. The molecule has 1 heterocycles. The van der Waals surface area contributed by atoms with Crippen LogP contribution in [0.3, 0.4) is 0 Å². The number of anilines is 1. The number of benzene rings is 2. The highest BCUT2D eigenvalue weighted by atomic mass is 35.5. The van der Waals surface area contributed by atoms with E-state index in [1.165, 1.54) is 22.5 Å². The van der Waals surface area contributed by atoms with E-state index in [0.29, 0.717) is 19.2 Å². The summed E-state index contributed by atoms with van der Waals surface area (Å²) in [4.78, 5) is 12.3. The van der Waals surface area contributed by atoms with Crippen LogP contribution in [-0.2, 0) is 10.0 Å². The Morgan fingerprint density at radius 3 is 2.32 bits per heavy atom. The van der Waals surface area contributed by atoms with Crippen LogP contribution in [0.4, 0.5) is 14.5 Å². The molecule has 0 aromatic heterocycles. The summed E-state index contributed by atoms with van der Waals surface area (Å²) in [6.07, 6.45) is 3.46. The SMILES string of the molecule is O=C(Nc1ccc(F)cc1F)c1ccc(Cl)c(S(=O)(=O)N2CCCCCC2)c1. The predicted octanol–water partition coefficient (Wildman–Crippen LogP) is 4.44. The lowest BCUT2D eigenvalue weighted by atomic mass is 10.2. The minimum absolute atomic E-state index is 0.00141. The summed E-state index contributed by atoms with van der Waals surface area (Å²) in [6, 6.07) is 6.60. The van der Waals surface area contributed by atoms with Gasteiger partial charge in [-0.25, -0.2) is 17.2 Å². The summed E-state index contributed by atoms with van der Waals surface area (Å²) < 4.78 is 54.1. The monoisotopic (exact) mass is 428 g/mol. The van der Waals surface area contributed by atoms with Crippen molar-refractivity contribution in [3.05, 3.63) is 58.6 Å². The number of sulfonamides is 1. The molecule has 2 aromatic rings. The normalized spacial score (nSPS) is 15.8. The molecule has 0 radical (unpaired) electrons. The first-order chi connectivity index (χ1) is 13.3. The molecule has 150 valence electrons. The average molecular weight is 429 g/mol. The number of rotatable bonds is 4. The molecule has 3 rings (SSSR count). The first kappa shape index (κ1) is 20.7. The Labute approximate surface area is 167 Å². The highest BCUT2D eigenvalue weighted by Crippen LogP contribution is 2.28. The van der Waals surface area contributed by atoms with Crippen molar-refractivity contribution < 1.29 is 22.0 Å². The van der Waals surface area contributed by atoms with E-state index >= 15 is 0 Å². The fourth-order valence-electron chi connectivity index (χ4n) is 3.05. The van der Waals surface area contributed by atoms with Gasteiger partial charge in [-0.05, 0) is 43.2 Å². The quantitative estimate of drug-likeness (QED) is 0.783. The van der Waals surface area contributed by atoms with Gasteiger partial charge in [0.2, 0.25) is 10.0 Å². The van der Waals surface area contributed by atoms with Crippen LogP contribution >= 0.6 is 11.6 Å². The van der Waals surface area contributed by atoms with Crippen LogP contribution < -0.4 is 5.32 Å². The third-order valence-electron chi connectivity index (χ3n) is 4.56. The highest BCUT2D eigenvalue weighted by molar-refractivity contribution is 7.89. The Bertz CT molecular complexity index is 991. The number of amides is 1. The van der Waals surface area contributed by atoms with Gasteiger partial charge in [0, 0.05) is 24.7 Å². The highest BCUT2D eigenvalue weighted by Gasteiger charge is 2.28. The van der Waals surface area contributed by atoms with E-state index in [1.807, 2.05) is 0 Å². The van der Waals surface area contributed by atoms with Gasteiger partial charge in [-0.3, -0.25) is 4.79 Å². The summed E-state index contributed by atoms with van der Waals surface area (Å²) in [7, 11) is -3.86. The summed E-state index contributed by atoms with van der Waals surface area (Å²) in [5.74, 6) is -2.43. The van der Waals surface area contributed by atoms with Crippen LogP contribution in [0.1, 0.15) is 36.0 Å². The Hall–Kier alpha value is -2.03. The van der Waals surface area contributed by atoms with Crippen molar-refractivity contribution in [1.82, 2.24) is 4.31 Å². The fourth-order valence-corrected chi connectivity index (χ4v) is 5.07. The van der Waals surface area contributed by atoms with Crippen molar-refractivity contribution in [3.8, 4) is 0 Å². The lowest BCUT2D eigenvalue weighted by Gasteiger charge is -2.21. The molecular formula is C19H19ClF2N2O3S. The molecule has 1 N–H and O–H groups in total. The lowest BCUT2D eigenvalue weighted by molar-refractivity contribution is 0.102. The van der Waals surface area contributed by atoms with Gasteiger partial charge < -0.3 is 5.32 Å². The van der Waals surface area contributed by atoms with Crippen LogP contribution in [0, 0.1) is 11.6 Å². The number of carbonyl (C=O) groups excluding carboxylic acids is 1. The largest absolute Gasteiger partial charge is 0.319 e. The molecule has 0 bridgehead atoms. The zero-order valence-electron chi connectivity index (χ0n) is 14.9. The average Bonchev–Trinajstić information content (AvgIpc) is 2.94. The fraction of sp³-hybridized carbons (Fsp3) is 0.316. The number of nitrogens with one attached hydrogen (secondary N) is 1. The zero-order chi connectivity index (χ0) is 20.3. The maximum atomic E-state index is 13.8. The molecule has 1 aliphatic heterocycles. The maximum Gasteiger partial charge on any atom is 0.255 e. The lowest BCUT2D eigenvalue weighted by Crippen LogP contribution is -2.32. The molecule has 0 atom stereocenters. The molecule has 1 aliphatic rings. The van der Waals surface area contributed by atoms with E-state index < -0.39 is 27.6 Å². The van der Waals surface area contributed by atoms with E-state index in [1.54, 1.807) is 0 Å². The number of hydrogen-bond acceptors (Lipinski definition) is 3. The first-order valence-corrected chi connectivity index (χ1v) is 10.7. The maximum absolute atomic E-state index is 13.8. The minimum atomic E-state index is -3.86. The van der Waals surface area contributed by atoms with Crippen molar-refractivity contribution >= 4 is 33.2 Å². The number of hydrogen-bond donors (Lipinski definition) is 1. The van der Waals surface area contributed by atoms with E-state index in [-0.39, 0.29) is 21.2 Å². The minimum Gasteiger partial charge on any atom is -0.319 e. The van der Waals surface area contributed by atoms with E-state index in [2.05, 4.69) is 5.32 Å². The van der Waals surface area contributed by atoms with Gasteiger partial charge in [0.05, 0.1) is 10.7 Å². The van der Waals surface area contributed by atoms with Gasteiger partial charge in [-0.1, -0.05) is 24.4 Å². The molecule has 5 nitrogen and oxygen atoms in total. The number of halogens is 3. The van der Waals surface area contributed by atoms with Gasteiger partial charge in [0.1, 0.15) is 16.5 Å². The van der Waals surface area contributed by atoms with Gasteiger partial charge in [0.15, 0.2) is 0 Å². The van der Waals surface area contributed by atoms with E-state index in [9.17, 15) is 22.0 Å². The molecule has 2 aromatic carbocycles. The second kappa shape index (κ2) is 8.55. The summed E-state index contributed by atoms with van der Waals surface area (Å²) in [5.41, 5.74) is -0.209. The van der Waals surface area contributed by atoms with Crippen molar-refractivity contribution in [2.75, 3.05) is 18.4 Å². The Morgan fingerprint density at radius 1 is 1.00 bits per heavy atom. The van der Waals surface area contributed by atoms with Crippen molar-refractivity contribution in [3.63, 3.8) is 0 Å². The molecular weight excluding hydrogens is 410 g/mol. The predicted molar refractivity (Wildman–Crippen MR) is 103 cm³/mol. The standard InChI is InChI=1S/C19H19ClF2N2O3S/c20-15-7-5-13(19(25)23-17-8-6-14(21)12-16(17)22)11-18(15)28(26,27)24-9-3-1-2-4-10-24/h5-8,11-12H,1-4,9-10H2,(H,23,25). The Balaban J connectivity index is 1.89. The molecule has 0 aliphatic carbocycles. The van der Waals surface area contributed by atoms with Gasteiger partial charge in [0.25, 0.3) is 5.91 Å². The van der Waals surface area contributed by atoms with Crippen LogP contribution in [0.5, 0.6) is 0 Å². The molecule has 0 spiro atoms. The second-order valence-corrected chi connectivity index (χ2v) is 8.86. The molecule has 1 fully saturated rings. The summed E-state index contributed by atoms with van der Waals surface area (Å²) in [5, 5.41) is 2.32. The molecule has 1 saturated heterocycles. The molecule has 1 amide bonds. The summed E-state index contributed by atoms with van der Waals surface area (Å²) in [6.45, 7) is 0.797. The molecule has 0 saturated carbocycles. The smallest absolute Gasteiger partial charge is 0.255 e. The van der Waals surface area contributed by atoms with Gasteiger partial charge in [-0.2, -0.15) is 4.31 Å². The van der Waals surface area contributed by atoms with Crippen molar-refractivity contribution in [1.29, 1.82) is 0 Å². The van der Waals surface area contributed by atoms with Crippen LogP contribution in [0.25, 0.3) is 0 Å². The Kier molecular flexibility index (Phi) is 6.32. The van der Waals surface area contributed by atoms with Crippen LogP contribution in [0.2, 0.25) is 5.02 Å². The van der Waals surface area contributed by atoms with E-state index in [0.717, 1.165) is 37.8 Å². The molecule has 9 heteroatoms. The topological polar surface area (TPSA) is 66.5 Å². The number of nitrogens with zero attached hydrogens (tertiary/aromatic N) is 1. The van der Waals surface area contributed by atoms with Crippen LogP contribution in [0.15, 0.2) is 41.3 Å². The first-order valence-electron chi connectivity index (χ1n) is 8.85. The van der Waals surface area contributed by atoms with E-state index in [4.69, 9.17) is 11.6 Å². The number of carbonyl (C=O) groups is 1. The Morgan fingerprint density at radius 2 is 1.68 bits per heavy atom. The van der Waals surface area contributed by atoms with Gasteiger partial charge >= 0.3 is 0 Å². The van der Waals surface area contributed by atoms with Crippen molar-refractivity contribution in [2.45, 2.75) is 30.6 Å². The third-order valence-corrected chi connectivity index (χ3v) is 6.94. The van der Waals surface area contributed by atoms with Crippen molar-refractivity contribution in [2.24, 2.45) is 0 Å². The van der Waals surface area contributed by atoms with Crippen LogP contribution in [-0.4, -0.2) is 31.7 Å². The third kappa shape index (κ3) is 4.51. The van der Waals surface area contributed by atoms with Gasteiger partial charge in [-0.15, -0.1) is 0 Å². The second-order valence-electron chi connectivity index (χ2n) is 6.54. The molecule has 0 unspecified atom stereocenters.